The highest BCUT2D eigenvalue weighted by molar-refractivity contribution is 7.14. The molecular formula is C4H9N2P. The minimum Gasteiger partial charge on any atom is -0.324 e. The Labute approximate surface area is 46.2 Å². The van der Waals surface area contributed by atoms with Gasteiger partial charge in [0, 0.05) is 13.2 Å². The zero-order valence-corrected chi connectivity index (χ0v) is 5.49. The highest BCUT2D eigenvalue weighted by Crippen LogP contribution is 1.90. The predicted octanol–water partition coefficient (Wildman–Crippen LogP) is 0.880. The molecule has 0 bridgehead atoms. The van der Waals surface area contributed by atoms with E-state index in [2.05, 4.69) is 21.0 Å². The maximum Gasteiger partial charge on any atom is 0.0914 e. The van der Waals surface area contributed by atoms with Gasteiger partial charge in [0.1, 0.15) is 0 Å². The van der Waals surface area contributed by atoms with Crippen molar-refractivity contribution in [1.29, 1.82) is 0 Å². The van der Waals surface area contributed by atoms with E-state index in [0.717, 1.165) is 0 Å². The van der Waals surface area contributed by atoms with Crippen molar-refractivity contribution in [3.05, 3.63) is 12.8 Å². The van der Waals surface area contributed by atoms with Crippen molar-refractivity contribution < 1.29 is 0 Å². The topological polar surface area (TPSA) is 15.6 Å². The molecule has 0 aliphatic heterocycles. The van der Waals surface area contributed by atoms with Gasteiger partial charge >= 0.3 is 0 Å². The summed E-state index contributed by atoms with van der Waals surface area (Å²) in [4.78, 5) is 3.72. The molecule has 0 saturated heterocycles. The summed E-state index contributed by atoms with van der Waals surface area (Å²) < 4.78 is 1.69. The van der Waals surface area contributed by atoms with Gasteiger partial charge in [-0.25, -0.2) is 0 Å². The molecule has 0 aromatic carbocycles. The second kappa shape index (κ2) is 3.82. The van der Waals surface area contributed by atoms with Crippen LogP contribution in [0.2, 0.25) is 0 Å². The van der Waals surface area contributed by atoms with Gasteiger partial charge in [-0.15, -0.1) is 0 Å². The Morgan fingerprint density at radius 3 is 2.57 bits per heavy atom. The molecule has 0 saturated carbocycles. The first-order valence-corrected chi connectivity index (χ1v) is 2.40. The Morgan fingerprint density at radius 1 is 1.86 bits per heavy atom. The minimum absolute atomic E-state index is 1.65. The summed E-state index contributed by atoms with van der Waals surface area (Å²) in [5.41, 5.74) is 0. The lowest BCUT2D eigenvalue weighted by Gasteiger charge is -2.00. The Morgan fingerprint density at radius 2 is 2.43 bits per heavy atom. The van der Waals surface area contributed by atoms with Crippen molar-refractivity contribution in [2.75, 3.05) is 7.05 Å². The fraction of sp³-hybridized carbons (Fsp3) is 0.250. The lowest BCUT2D eigenvalue weighted by Crippen LogP contribution is -1.95. The van der Waals surface area contributed by atoms with Crippen molar-refractivity contribution in [1.82, 2.24) is 4.67 Å². The SMILES string of the molecule is C=CN(P)/C=N\C. The van der Waals surface area contributed by atoms with Gasteiger partial charge in [-0.2, -0.15) is 0 Å². The molecule has 2 nitrogen and oxygen atoms in total. The van der Waals surface area contributed by atoms with Gasteiger partial charge in [0.25, 0.3) is 0 Å². The summed E-state index contributed by atoms with van der Waals surface area (Å²) in [7, 11) is 4.13. The standard InChI is InChI=1S/C4H9N2P/c1-3-6(7)4-5-2/h3-4H,1,7H2,2H3/b5-4-. The van der Waals surface area contributed by atoms with E-state index in [0.29, 0.717) is 0 Å². The van der Waals surface area contributed by atoms with E-state index < -0.39 is 0 Å². The average molecular weight is 116 g/mol. The zero-order chi connectivity index (χ0) is 5.70. The molecule has 0 heterocycles. The highest BCUT2D eigenvalue weighted by Gasteiger charge is 1.72. The smallest absolute Gasteiger partial charge is 0.0914 e. The van der Waals surface area contributed by atoms with E-state index in [1.54, 1.807) is 24.3 Å². The molecule has 0 spiro atoms. The van der Waals surface area contributed by atoms with Crippen LogP contribution in [-0.4, -0.2) is 18.1 Å². The number of hydrogen-bond donors (Lipinski definition) is 0. The monoisotopic (exact) mass is 116 g/mol. The van der Waals surface area contributed by atoms with Crippen LogP contribution in [0.25, 0.3) is 0 Å². The lowest BCUT2D eigenvalue weighted by molar-refractivity contribution is 0.961. The first-order valence-electron chi connectivity index (χ1n) is 1.89. The van der Waals surface area contributed by atoms with Crippen molar-refractivity contribution in [3.63, 3.8) is 0 Å². The third-order valence-corrected chi connectivity index (χ3v) is 0.804. The molecule has 7 heavy (non-hydrogen) atoms. The molecule has 0 fully saturated rings. The fourth-order valence-electron chi connectivity index (χ4n) is 0.180. The largest absolute Gasteiger partial charge is 0.324 e. The minimum atomic E-state index is 1.65. The first kappa shape index (κ1) is 6.64. The van der Waals surface area contributed by atoms with Crippen LogP contribution in [0.5, 0.6) is 0 Å². The van der Waals surface area contributed by atoms with Crippen molar-refractivity contribution in [2.45, 2.75) is 0 Å². The quantitative estimate of drug-likeness (QED) is 0.297. The second-order valence-corrected chi connectivity index (χ2v) is 1.60. The molecule has 0 amide bonds. The van der Waals surface area contributed by atoms with Crippen LogP contribution in [-0.2, 0) is 0 Å². The van der Waals surface area contributed by atoms with E-state index in [9.17, 15) is 0 Å². The molecule has 40 valence electrons. The average Bonchev–Trinajstić information content (AvgIpc) is 1.68. The Balaban J connectivity index is 3.35. The van der Waals surface area contributed by atoms with E-state index in [1.165, 1.54) is 0 Å². The second-order valence-electron chi connectivity index (χ2n) is 1.00. The number of hydrogen-bond acceptors (Lipinski definition) is 1. The molecular weight excluding hydrogens is 107 g/mol. The highest BCUT2D eigenvalue weighted by atomic mass is 31.0. The molecule has 0 rings (SSSR count). The summed E-state index contributed by atoms with van der Waals surface area (Å²) in [6, 6.07) is 0. The van der Waals surface area contributed by atoms with Gasteiger partial charge in [-0.3, -0.25) is 4.99 Å². The molecule has 0 N–H and O–H groups in total. The van der Waals surface area contributed by atoms with Gasteiger partial charge in [-0.1, -0.05) is 6.58 Å². The van der Waals surface area contributed by atoms with Gasteiger partial charge in [-0.05, 0) is 9.39 Å². The zero-order valence-electron chi connectivity index (χ0n) is 4.33. The maximum absolute atomic E-state index is 3.72. The molecule has 1 atom stereocenters. The molecule has 0 radical (unpaired) electrons. The summed E-state index contributed by atoms with van der Waals surface area (Å²) >= 11 is 0. The van der Waals surface area contributed by atoms with Gasteiger partial charge in [0.15, 0.2) is 0 Å². The van der Waals surface area contributed by atoms with Crippen molar-refractivity contribution in [2.24, 2.45) is 4.99 Å². The predicted molar refractivity (Wildman–Crippen MR) is 36.2 cm³/mol. The molecule has 0 aliphatic carbocycles. The Kier molecular flexibility index (Phi) is 3.62. The summed E-state index contributed by atoms with van der Waals surface area (Å²) in [6.45, 7) is 3.49. The number of aliphatic imine (C=N–C) groups is 1. The van der Waals surface area contributed by atoms with E-state index in [4.69, 9.17) is 0 Å². The normalized spacial score (nSPS) is 9.43. The van der Waals surface area contributed by atoms with E-state index in [-0.39, 0.29) is 0 Å². The van der Waals surface area contributed by atoms with Crippen molar-refractivity contribution >= 4 is 15.7 Å². The van der Waals surface area contributed by atoms with Gasteiger partial charge in [0.05, 0.1) is 6.34 Å². The van der Waals surface area contributed by atoms with Gasteiger partial charge < -0.3 is 4.67 Å². The van der Waals surface area contributed by atoms with E-state index in [1.807, 2.05) is 0 Å². The Hall–Kier alpha value is -0.360. The molecule has 1 unspecified atom stereocenters. The summed E-state index contributed by atoms with van der Waals surface area (Å²) in [5.74, 6) is 0. The van der Waals surface area contributed by atoms with Gasteiger partial charge in [0.2, 0.25) is 0 Å². The molecule has 3 heteroatoms. The van der Waals surface area contributed by atoms with Crippen LogP contribution in [0.3, 0.4) is 0 Å². The summed E-state index contributed by atoms with van der Waals surface area (Å²) in [6.07, 6.45) is 3.30. The van der Waals surface area contributed by atoms with E-state index >= 15 is 0 Å². The van der Waals surface area contributed by atoms with Crippen molar-refractivity contribution in [3.8, 4) is 0 Å². The molecule has 0 aliphatic rings. The summed E-state index contributed by atoms with van der Waals surface area (Å²) in [5, 5.41) is 0. The fourth-order valence-corrected chi connectivity index (χ4v) is 0.314. The van der Waals surface area contributed by atoms with Crippen LogP contribution >= 0.6 is 9.39 Å². The lowest BCUT2D eigenvalue weighted by atomic mass is 11.0. The molecule has 0 aromatic rings. The number of nitrogens with zero attached hydrogens (tertiary/aromatic N) is 2. The van der Waals surface area contributed by atoms with Crippen LogP contribution in [0, 0.1) is 0 Å². The third kappa shape index (κ3) is 3.47. The third-order valence-electron chi connectivity index (χ3n) is 0.460. The first-order chi connectivity index (χ1) is 3.31. The van der Waals surface area contributed by atoms with Crippen LogP contribution in [0.15, 0.2) is 17.8 Å². The van der Waals surface area contributed by atoms with Crippen LogP contribution in [0.1, 0.15) is 0 Å². The number of rotatable bonds is 2. The van der Waals surface area contributed by atoms with Crippen LogP contribution in [0.4, 0.5) is 0 Å². The molecule has 0 aromatic heterocycles. The Bertz CT molecular complexity index is 79.8. The maximum atomic E-state index is 3.72. The van der Waals surface area contributed by atoms with Crippen LogP contribution < -0.4 is 0 Å².